The molecule has 1 N–H and O–H groups in total. The maximum atomic E-state index is 10.9. The van der Waals surface area contributed by atoms with Crippen LogP contribution in [0.3, 0.4) is 0 Å². The number of aromatic nitrogens is 1. The van der Waals surface area contributed by atoms with Crippen LogP contribution in [0.2, 0.25) is 0 Å². The first-order valence-corrected chi connectivity index (χ1v) is 6.54. The van der Waals surface area contributed by atoms with Crippen LogP contribution in [0.25, 0.3) is 10.9 Å². The molecule has 0 saturated heterocycles. The summed E-state index contributed by atoms with van der Waals surface area (Å²) >= 11 is 0. The van der Waals surface area contributed by atoms with Gasteiger partial charge in [0.2, 0.25) is 0 Å². The topological polar surface area (TPSA) is 42.2 Å². The van der Waals surface area contributed by atoms with E-state index in [-0.39, 0.29) is 0 Å². The lowest BCUT2D eigenvalue weighted by molar-refractivity contribution is 0.0697. The number of rotatable bonds is 6. The molecule has 0 radical (unpaired) electrons. The predicted molar refractivity (Wildman–Crippen MR) is 73.0 cm³/mol. The molecule has 0 aliphatic rings. The Balaban J connectivity index is 2.13. The van der Waals surface area contributed by atoms with Crippen LogP contribution in [0.15, 0.2) is 30.5 Å². The summed E-state index contributed by atoms with van der Waals surface area (Å²) in [5, 5.41) is 9.95. The van der Waals surface area contributed by atoms with E-state index in [1.54, 1.807) is 12.1 Å². The van der Waals surface area contributed by atoms with Gasteiger partial charge in [-0.25, -0.2) is 4.79 Å². The normalized spacial score (nSPS) is 10.9. The van der Waals surface area contributed by atoms with E-state index in [0.717, 1.165) is 17.4 Å². The highest BCUT2D eigenvalue weighted by molar-refractivity contribution is 5.93. The van der Waals surface area contributed by atoms with E-state index in [1.807, 2.05) is 18.3 Å². The zero-order chi connectivity index (χ0) is 13.0. The fourth-order valence-electron chi connectivity index (χ4n) is 2.24. The van der Waals surface area contributed by atoms with E-state index < -0.39 is 5.97 Å². The Bertz CT molecular complexity index is 542. The van der Waals surface area contributed by atoms with Crippen LogP contribution in [0.5, 0.6) is 0 Å². The van der Waals surface area contributed by atoms with Gasteiger partial charge in [-0.15, -0.1) is 0 Å². The van der Waals surface area contributed by atoms with Gasteiger partial charge < -0.3 is 9.67 Å². The monoisotopic (exact) mass is 245 g/mol. The summed E-state index contributed by atoms with van der Waals surface area (Å²) in [6, 6.07) is 7.30. The number of carboxylic acids is 1. The van der Waals surface area contributed by atoms with Crippen molar-refractivity contribution < 1.29 is 9.90 Å². The highest BCUT2D eigenvalue weighted by atomic mass is 16.4. The zero-order valence-corrected chi connectivity index (χ0v) is 10.7. The molecule has 0 saturated carbocycles. The quantitative estimate of drug-likeness (QED) is 0.784. The molecule has 0 aliphatic heterocycles. The Labute approximate surface area is 107 Å². The van der Waals surface area contributed by atoms with Crippen molar-refractivity contribution >= 4 is 16.9 Å². The number of nitrogens with zero attached hydrogens (tertiary/aromatic N) is 1. The van der Waals surface area contributed by atoms with Crippen LogP contribution in [0.4, 0.5) is 0 Å². The van der Waals surface area contributed by atoms with Gasteiger partial charge in [0, 0.05) is 23.6 Å². The number of hydrogen-bond acceptors (Lipinski definition) is 1. The van der Waals surface area contributed by atoms with Gasteiger partial charge >= 0.3 is 5.97 Å². The largest absolute Gasteiger partial charge is 0.478 e. The summed E-state index contributed by atoms with van der Waals surface area (Å²) in [4.78, 5) is 10.9. The number of carboxylic acid groups (broad SMARTS) is 1. The van der Waals surface area contributed by atoms with E-state index in [1.165, 1.54) is 25.7 Å². The van der Waals surface area contributed by atoms with Crippen molar-refractivity contribution in [1.29, 1.82) is 0 Å². The molecule has 0 bridgehead atoms. The number of hydrogen-bond donors (Lipinski definition) is 1. The van der Waals surface area contributed by atoms with Crippen molar-refractivity contribution in [3.05, 3.63) is 36.0 Å². The van der Waals surface area contributed by atoms with E-state index in [0.29, 0.717) is 5.56 Å². The summed E-state index contributed by atoms with van der Waals surface area (Å²) in [6.45, 7) is 3.22. The lowest BCUT2D eigenvalue weighted by Gasteiger charge is -2.05. The summed E-state index contributed by atoms with van der Waals surface area (Å²) in [6.07, 6.45) is 7.00. The molecule has 1 aromatic carbocycles. The molecule has 0 spiro atoms. The minimum atomic E-state index is -0.868. The summed E-state index contributed by atoms with van der Waals surface area (Å²) < 4.78 is 2.20. The fourth-order valence-corrected chi connectivity index (χ4v) is 2.24. The second kappa shape index (κ2) is 5.71. The number of benzene rings is 1. The molecule has 0 atom stereocenters. The number of carbonyl (C=O) groups is 1. The summed E-state index contributed by atoms with van der Waals surface area (Å²) in [5.41, 5.74) is 1.47. The Morgan fingerprint density at radius 3 is 2.78 bits per heavy atom. The van der Waals surface area contributed by atoms with Gasteiger partial charge in [-0.2, -0.15) is 0 Å². The minimum Gasteiger partial charge on any atom is -0.478 e. The lowest BCUT2D eigenvalue weighted by atomic mass is 10.1. The third-order valence-electron chi connectivity index (χ3n) is 3.27. The molecule has 1 aromatic heterocycles. The maximum absolute atomic E-state index is 10.9. The summed E-state index contributed by atoms with van der Waals surface area (Å²) in [5.74, 6) is -0.868. The first-order chi connectivity index (χ1) is 8.72. The molecule has 96 valence electrons. The molecule has 0 unspecified atom stereocenters. The molecule has 3 heteroatoms. The van der Waals surface area contributed by atoms with Gasteiger partial charge in [0.05, 0.1) is 5.56 Å². The fraction of sp³-hybridized carbons (Fsp3) is 0.400. The first kappa shape index (κ1) is 12.7. The van der Waals surface area contributed by atoms with Gasteiger partial charge in [-0.05, 0) is 30.7 Å². The number of aryl methyl sites for hydroxylation is 1. The smallest absolute Gasteiger partial charge is 0.335 e. The van der Waals surface area contributed by atoms with Crippen molar-refractivity contribution in [2.24, 2.45) is 0 Å². The van der Waals surface area contributed by atoms with Crippen LogP contribution in [-0.2, 0) is 6.54 Å². The standard InChI is InChI=1S/C15H19NO2/c1-2-3-4-5-9-16-10-8-12-11-13(15(17)18)6-7-14(12)16/h6-8,10-11H,2-5,9H2,1H3,(H,17,18). The van der Waals surface area contributed by atoms with Crippen LogP contribution < -0.4 is 0 Å². The van der Waals surface area contributed by atoms with Gasteiger partial charge in [-0.3, -0.25) is 0 Å². The molecule has 3 nitrogen and oxygen atoms in total. The molecule has 0 amide bonds. The predicted octanol–water partition coefficient (Wildman–Crippen LogP) is 3.92. The highest BCUT2D eigenvalue weighted by Crippen LogP contribution is 2.18. The number of aromatic carboxylic acids is 1. The van der Waals surface area contributed by atoms with Crippen LogP contribution in [0, 0.1) is 0 Å². The maximum Gasteiger partial charge on any atom is 0.335 e. The first-order valence-electron chi connectivity index (χ1n) is 6.54. The van der Waals surface area contributed by atoms with Crippen LogP contribution in [0.1, 0.15) is 43.0 Å². The van der Waals surface area contributed by atoms with Gasteiger partial charge in [0.1, 0.15) is 0 Å². The second-order valence-electron chi connectivity index (χ2n) is 4.65. The Morgan fingerprint density at radius 1 is 1.22 bits per heavy atom. The van der Waals surface area contributed by atoms with Crippen molar-refractivity contribution in [3.63, 3.8) is 0 Å². The zero-order valence-electron chi connectivity index (χ0n) is 10.7. The molecule has 2 rings (SSSR count). The van der Waals surface area contributed by atoms with Crippen LogP contribution in [-0.4, -0.2) is 15.6 Å². The molecule has 0 aliphatic carbocycles. The average Bonchev–Trinajstić information content (AvgIpc) is 2.77. The van der Waals surface area contributed by atoms with Crippen molar-refractivity contribution in [2.45, 2.75) is 39.2 Å². The molecular formula is C15H19NO2. The van der Waals surface area contributed by atoms with Crippen LogP contribution >= 0.6 is 0 Å². The van der Waals surface area contributed by atoms with Gasteiger partial charge in [-0.1, -0.05) is 26.2 Å². The lowest BCUT2D eigenvalue weighted by Crippen LogP contribution is -1.98. The van der Waals surface area contributed by atoms with E-state index in [4.69, 9.17) is 5.11 Å². The molecular weight excluding hydrogens is 226 g/mol. The number of unbranched alkanes of at least 4 members (excludes halogenated alkanes) is 3. The highest BCUT2D eigenvalue weighted by Gasteiger charge is 2.06. The summed E-state index contributed by atoms with van der Waals surface area (Å²) in [7, 11) is 0. The molecule has 0 fully saturated rings. The van der Waals surface area contributed by atoms with Crippen molar-refractivity contribution in [2.75, 3.05) is 0 Å². The molecule has 18 heavy (non-hydrogen) atoms. The Morgan fingerprint density at radius 2 is 2.06 bits per heavy atom. The Kier molecular flexibility index (Phi) is 4.03. The third kappa shape index (κ3) is 2.73. The SMILES string of the molecule is CCCCCCn1ccc2cc(C(=O)O)ccc21. The van der Waals surface area contributed by atoms with Crippen molar-refractivity contribution in [1.82, 2.24) is 4.57 Å². The Hall–Kier alpha value is -1.77. The molecule has 1 heterocycles. The number of fused-ring (bicyclic) bond motifs is 1. The average molecular weight is 245 g/mol. The van der Waals surface area contributed by atoms with Gasteiger partial charge in [0.25, 0.3) is 0 Å². The second-order valence-corrected chi connectivity index (χ2v) is 4.65. The van der Waals surface area contributed by atoms with E-state index in [2.05, 4.69) is 11.5 Å². The van der Waals surface area contributed by atoms with Crippen molar-refractivity contribution in [3.8, 4) is 0 Å². The van der Waals surface area contributed by atoms with E-state index in [9.17, 15) is 4.79 Å². The van der Waals surface area contributed by atoms with Gasteiger partial charge in [0.15, 0.2) is 0 Å². The minimum absolute atomic E-state index is 0.353. The third-order valence-corrected chi connectivity index (χ3v) is 3.27. The molecule has 2 aromatic rings. The van der Waals surface area contributed by atoms with E-state index >= 15 is 0 Å².